The van der Waals surface area contributed by atoms with Gasteiger partial charge in [-0.25, -0.2) is 0 Å². The Labute approximate surface area is 95.8 Å². The molecule has 0 saturated heterocycles. The lowest BCUT2D eigenvalue weighted by atomic mass is 10.1. The Hall–Kier alpha value is -1.90. The first kappa shape index (κ1) is 10.6. The molecule has 3 nitrogen and oxygen atoms in total. The molecular weight excluding hydrogens is 200 g/mol. The van der Waals surface area contributed by atoms with Crippen LogP contribution < -0.4 is 10.9 Å². The number of allylic oxidation sites excluding steroid dienone is 2. The molecule has 0 bridgehead atoms. The van der Waals surface area contributed by atoms with E-state index < -0.39 is 0 Å². The third-order valence-corrected chi connectivity index (χ3v) is 2.61. The van der Waals surface area contributed by atoms with Gasteiger partial charge in [0.05, 0.1) is 12.8 Å². The molecule has 0 radical (unpaired) electrons. The zero-order valence-corrected chi connectivity index (χ0v) is 9.58. The van der Waals surface area contributed by atoms with Gasteiger partial charge in [-0.3, -0.25) is 10.9 Å². The van der Waals surface area contributed by atoms with E-state index in [0.717, 1.165) is 17.7 Å². The van der Waals surface area contributed by atoms with Crippen molar-refractivity contribution in [3.05, 3.63) is 53.4 Å². The van der Waals surface area contributed by atoms with Gasteiger partial charge < -0.3 is 4.74 Å². The standard InChI is InChI=1S/C13H16N2O/c1-3-10-4-6-11(7-5-10)12-8-9-13(16-2)15-14-12/h4-9,14-15H,3H2,1-2H3. The highest BCUT2D eigenvalue weighted by atomic mass is 16.5. The molecule has 0 spiro atoms. The van der Waals surface area contributed by atoms with Gasteiger partial charge in [0.1, 0.15) is 0 Å². The lowest BCUT2D eigenvalue weighted by Gasteiger charge is -2.18. The number of hydrogen-bond donors (Lipinski definition) is 2. The fraction of sp³-hybridized carbons (Fsp3) is 0.231. The van der Waals surface area contributed by atoms with E-state index in [0.29, 0.717) is 5.88 Å². The first-order chi connectivity index (χ1) is 7.83. The maximum Gasteiger partial charge on any atom is 0.205 e. The van der Waals surface area contributed by atoms with Crippen LogP contribution in [-0.4, -0.2) is 7.11 Å². The van der Waals surface area contributed by atoms with Crippen LogP contribution in [0, 0.1) is 0 Å². The molecule has 2 rings (SSSR count). The number of rotatable bonds is 3. The topological polar surface area (TPSA) is 33.3 Å². The molecule has 1 aromatic rings. The molecular formula is C13H16N2O. The smallest absolute Gasteiger partial charge is 0.205 e. The summed E-state index contributed by atoms with van der Waals surface area (Å²) in [5.74, 6) is 0.717. The van der Waals surface area contributed by atoms with Crippen molar-refractivity contribution in [3.63, 3.8) is 0 Å². The zero-order valence-electron chi connectivity index (χ0n) is 9.58. The van der Waals surface area contributed by atoms with Crippen LogP contribution in [0.5, 0.6) is 0 Å². The number of hydrogen-bond acceptors (Lipinski definition) is 3. The van der Waals surface area contributed by atoms with Gasteiger partial charge in [-0.15, -0.1) is 0 Å². The van der Waals surface area contributed by atoms with Crippen LogP contribution >= 0.6 is 0 Å². The molecule has 3 heteroatoms. The van der Waals surface area contributed by atoms with E-state index in [1.54, 1.807) is 7.11 Å². The lowest BCUT2D eigenvalue weighted by molar-refractivity contribution is 0.253. The molecule has 0 aliphatic carbocycles. The van der Waals surface area contributed by atoms with Gasteiger partial charge in [-0.05, 0) is 23.6 Å². The Kier molecular flexibility index (Phi) is 3.15. The normalized spacial score (nSPS) is 14.4. The van der Waals surface area contributed by atoms with Crippen molar-refractivity contribution >= 4 is 5.70 Å². The molecule has 0 fully saturated rings. The second-order valence-electron chi connectivity index (χ2n) is 3.62. The predicted octanol–water partition coefficient (Wildman–Crippen LogP) is 2.19. The highest BCUT2D eigenvalue weighted by molar-refractivity contribution is 5.66. The van der Waals surface area contributed by atoms with Crippen molar-refractivity contribution in [2.75, 3.05) is 7.11 Å². The monoisotopic (exact) mass is 216 g/mol. The van der Waals surface area contributed by atoms with Crippen molar-refractivity contribution in [3.8, 4) is 0 Å². The summed E-state index contributed by atoms with van der Waals surface area (Å²) in [5, 5.41) is 0. The summed E-state index contributed by atoms with van der Waals surface area (Å²) in [7, 11) is 1.63. The minimum absolute atomic E-state index is 0.717. The molecule has 1 heterocycles. The van der Waals surface area contributed by atoms with Crippen LogP contribution in [0.15, 0.2) is 42.3 Å². The van der Waals surface area contributed by atoms with Gasteiger partial charge >= 0.3 is 0 Å². The zero-order chi connectivity index (χ0) is 11.4. The van der Waals surface area contributed by atoms with Gasteiger partial charge in [0.2, 0.25) is 5.88 Å². The first-order valence-corrected chi connectivity index (χ1v) is 5.41. The molecule has 2 N–H and O–H groups in total. The molecule has 84 valence electrons. The van der Waals surface area contributed by atoms with E-state index >= 15 is 0 Å². The molecule has 0 aromatic heterocycles. The second kappa shape index (κ2) is 4.75. The predicted molar refractivity (Wildman–Crippen MR) is 65.2 cm³/mol. The third-order valence-electron chi connectivity index (χ3n) is 2.61. The van der Waals surface area contributed by atoms with E-state index in [2.05, 4.69) is 42.0 Å². The summed E-state index contributed by atoms with van der Waals surface area (Å²) >= 11 is 0. The average molecular weight is 216 g/mol. The maximum atomic E-state index is 5.05. The number of nitrogens with one attached hydrogen (secondary N) is 2. The number of hydrazine groups is 1. The summed E-state index contributed by atoms with van der Waals surface area (Å²) in [6, 6.07) is 8.52. The lowest BCUT2D eigenvalue weighted by Crippen LogP contribution is -2.32. The highest BCUT2D eigenvalue weighted by Gasteiger charge is 2.05. The quantitative estimate of drug-likeness (QED) is 0.812. The SMILES string of the molecule is CCc1ccc(C2=CC=C(OC)NN2)cc1. The van der Waals surface area contributed by atoms with Crippen molar-refractivity contribution in [1.29, 1.82) is 0 Å². The van der Waals surface area contributed by atoms with E-state index in [4.69, 9.17) is 4.74 Å². The van der Waals surface area contributed by atoms with Crippen LogP contribution in [-0.2, 0) is 11.2 Å². The van der Waals surface area contributed by atoms with Gasteiger partial charge in [0.25, 0.3) is 0 Å². The van der Waals surface area contributed by atoms with E-state index in [1.165, 1.54) is 5.56 Å². The summed E-state index contributed by atoms with van der Waals surface area (Å²) in [6.07, 6.45) is 4.97. The van der Waals surface area contributed by atoms with E-state index in [9.17, 15) is 0 Å². The molecule has 0 amide bonds. The maximum absolute atomic E-state index is 5.05. The molecule has 1 aromatic carbocycles. The summed E-state index contributed by atoms with van der Waals surface area (Å²) in [5.41, 5.74) is 9.61. The van der Waals surface area contributed by atoms with Crippen LogP contribution in [0.3, 0.4) is 0 Å². The van der Waals surface area contributed by atoms with Crippen LogP contribution in [0.25, 0.3) is 5.70 Å². The van der Waals surface area contributed by atoms with E-state index in [-0.39, 0.29) is 0 Å². The minimum Gasteiger partial charge on any atom is -0.481 e. The Balaban J connectivity index is 2.19. The van der Waals surface area contributed by atoms with Gasteiger partial charge in [0.15, 0.2) is 0 Å². The van der Waals surface area contributed by atoms with Crippen LogP contribution in [0.2, 0.25) is 0 Å². The number of methoxy groups -OCH3 is 1. The second-order valence-corrected chi connectivity index (χ2v) is 3.62. The molecule has 1 aliphatic rings. The van der Waals surface area contributed by atoms with Crippen LogP contribution in [0.1, 0.15) is 18.1 Å². The minimum atomic E-state index is 0.717. The fourth-order valence-electron chi connectivity index (χ4n) is 1.58. The van der Waals surface area contributed by atoms with Gasteiger partial charge in [-0.1, -0.05) is 31.2 Å². The largest absolute Gasteiger partial charge is 0.481 e. The van der Waals surface area contributed by atoms with Crippen molar-refractivity contribution < 1.29 is 4.74 Å². The Morgan fingerprint density at radius 2 is 1.81 bits per heavy atom. The van der Waals surface area contributed by atoms with Crippen molar-refractivity contribution in [2.24, 2.45) is 0 Å². The molecule has 0 unspecified atom stereocenters. The molecule has 1 aliphatic heterocycles. The number of aryl methyl sites for hydroxylation is 1. The van der Waals surface area contributed by atoms with Gasteiger partial charge in [-0.2, -0.15) is 0 Å². The molecule has 0 saturated carbocycles. The molecule has 0 atom stereocenters. The number of benzene rings is 1. The fourth-order valence-corrected chi connectivity index (χ4v) is 1.58. The summed E-state index contributed by atoms with van der Waals surface area (Å²) in [6.45, 7) is 2.16. The van der Waals surface area contributed by atoms with Crippen LogP contribution in [0.4, 0.5) is 0 Å². The Morgan fingerprint density at radius 3 is 2.31 bits per heavy atom. The summed E-state index contributed by atoms with van der Waals surface area (Å²) in [4.78, 5) is 0. The number of ether oxygens (including phenoxy) is 1. The third kappa shape index (κ3) is 2.19. The average Bonchev–Trinajstić information content (AvgIpc) is 2.39. The summed E-state index contributed by atoms with van der Waals surface area (Å²) < 4.78 is 5.05. The Morgan fingerprint density at radius 1 is 1.06 bits per heavy atom. The highest BCUT2D eigenvalue weighted by Crippen LogP contribution is 2.15. The molecule has 16 heavy (non-hydrogen) atoms. The van der Waals surface area contributed by atoms with Gasteiger partial charge in [0, 0.05) is 6.08 Å². The first-order valence-electron chi connectivity index (χ1n) is 5.41. The van der Waals surface area contributed by atoms with E-state index in [1.807, 2.05) is 12.2 Å². The van der Waals surface area contributed by atoms with Crippen molar-refractivity contribution in [2.45, 2.75) is 13.3 Å². The Bertz CT molecular complexity index is 418. The van der Waals surface area contributed by atoms with Crippen molar-refractivity contribution in [1.82, 2.24) is 10.9 Å².